The zero-order valence-electron chi connectivity index (χ0n) is 12.8. The number of nitrogens with zero attached hydrogens (tertiary/aromatic N) is 1. The van der Waals surface area contributed by atoms with Crippen LogP contribution < -0.4 is 15.2 Å². The van der Waals surface area contributed by atoms with Gasteiger partial charge in [-0.15, -0.1) is 0 Å². The van der Waals surface area contributed by atoms with Gasteiger partial charge in [0, 0.05) is 24.2 Å². The number of nitro groups is 1. The van der Waals surface area contributed by atoms with Crippen molar-refractivity contribution in [3.63, 3.8) is 0 Å². The minimum Gasteiger partial charge on any atom is -0.490 e. The quantitative estimate of drug-likeness (QED) is 0.548. The number of rotatable bonds is 8. The molecule has 0 aromatic heterocycles. The largest absolute Gasteiger partial charge is 0.490 e. The number of sulfonamides is 1. The van der Waals surface area contributed by atoms with Crippen LogP contribution in [0.4, 0.5) is 5.69 Å². The van der Waals surface area contributed by atoms with E-state index in [2.05, 4.69) is 4.72 Å². The number of hydrogen-bond acceptors (Lipinski definition) is 6. The van der Waals surface area contributed by atoms with E-state index < -0.39 is 20.5 Å². The van der Waals surface area contributed by atoms with E-state index >= 15 is 0 Å². The van der Waals surface area contributed by atoms with Gasteiger partial charge in [0.25, 0.3) is 0 Å². The highest BCUT2D eigenvalue weighted by Crippen LogP contribution is 2.29. The summed E-state index contributed by atoms with van der Waals surface area (Å²) in [6.07, 6.45) is 1.24. The van der Waals surface area contributed by atoms with Crippen molar-refractivity contribution in [2.45, 2.75) is 37.1 Å². The summed E-state index contributed by atoms with van der Waals surface area (Å²) in [6.45, 7) is 3.85. The molecule has 22 heavy (non-hydrogen) atoms. The molecule has 0 bridgehead atoms. The van der Waals surface area contributed by atoms with E-state index in [0.717, 1.165) is 12.1 Å². The van der Waals surface area contributed by atoms with Gasteiger partial charge in [-0.3, -0.25) is 10.1 Å². The first kappa shape index (κ1) is 18.3. The highest BCUT2D eigenvalue weighted by Gasteiger charge is 2.25. The summed E-state index contributed by atoms with van der Waals surface area (Å²) in [5.74, 6) is -0.113. The lowest BCUT2D eigenvalue weighted by Gasteiger charge is -2.26. The molecule has 3 N–H and O–H groups in total. The van der Waals surface area contributed by atoms with E-state index in [-0.39, 0.29) is 22.9 Å². The fourth-order valence-electron chi connectivity index (χ4n) is 1.80. The van der Waals surface area contributed by atoms with Crippen molar-refractivity contribution < 1.29 is 18.1 Å². The van der Waals surface area contributed by atoms with Crippen molar-refractivity contribution in [1.82, 2.24) is 4.72 Å². The third-order valence-corrected chi connectivity index (χ3v) is 5.08. The Bertz CT molecular complexity index is 641. The number of nitro benzene ring substituents is 1. The summed E-state index contributed by atoms with van der Waals surface area (Å²) < 4.78 is 31.8. The number of hydrogen-bond donors (Lipinski definition) is 2. The lowest BCUT2D eigenvalue weighted by Crippen LogP contribution is -2.49. The van der Waals surface area contributed by atoms with Crippen molar-refractivity contribution in [1.29, 1.82) is 0 Å². The van der Waals surface area contributed by atoms with Crippen molar-refractivity contribution in [3.8, 4) is 5.75 Å². The van der Waals surface area contributed by atoms with E-state index in [4.69, 9.17) is 10.5 Å². The second-order valence-corrected chi connectivity index (χ2v) is 6.75. The summed E-state index contributed by atoms with van der Waals surface area (Å²) in [5, 5.41) is 10.8. The number of nitrogens with two attached hydrogens (primary N) is 1. The zero-order valence-corrected chi connectivity index (χ0v) is 13.6. The van der Waals surface area contributed by atoms with Crippen LogP contribution in [-0.4, -0.2) is 32.5 Å². The Morgan fingerprint density at radius 2 is 1.95 bits per heavy atom. The highest BCUT2D eigenvalue weighted by atomic mass is 32.2. The Morgan fingerprint density at radius 3 is 2.41 bits per heavy atom. The number of ether oxygens (including phenoxy) is 1. The van der Waals surface area contributed by atoms with Crippen molar-refractivity contribution >= 4 is 15.7 Å². The maximum Gasteiger partial charge on any atom is 0.310 e. The van der Waals surface area contributed by atoms with Crippen LogP contribution in [0.25, 0.3) is 0 Å². The van der Waals surface area contributed by atoms with Crippen LogP contribution in [0.3, 0.4) is 0 Å². The van der Waals surface area contributed by atoms with Crippen LogP contribution in [0.15, 0.2) is 23.1 Å². The van der Waals surface area contributed by atoms with Gasteiger partial charge in [-0.1, -0.05) is 13.8 Å². The second kappa shape index (κ2) is 7.03. The third kappa shape index (κ3) is 4.15. The summed E-state index contributed by atoms with van der Waals surface area (Å²) >= 11 is 0. The standard InChI is InChI=1S/C13H21N3O5S/c1-4-13(14,5-2)9-15-22(19,20)10-6-7-11(16(17)18)12(8-10)21-3/h6-8,15H,4-5,9,14H2,1-3H3. The molecule has 0 saturated heterocycles. The molecule has 0 radical (unpaired) electrons. The maximum absolute atomic E-state index is 12.3. The van der Waals surface area contributed by atoms with E-state index in [0.29, 0.717) is 12.8 Å². The predicted molar refractivity (Wildman–Crippen MR) is 82.3 cm³/mol. The van der Waals surface area contributed by atoms with Gasteiger partial charge in [-0.05, 0) is 18.9 Å². The lowest BCUT2D eigenvalue weighted by atomic mass is 9.95. The van der Waals surface area contributed by atoms with Gasteiger partial charge in [0.05, 0.1) is 16.9 Å². The molecule has 0 spiro atoms. The molecule has 124 valence electrons. The molecule has 0 saturated carbocycles. The van der Waals surface area contributed by atoms with Crippen LogP contribution >= 0.6 is 0 Å². The molecule has 1 aromatic rings. The topological polar surface area (TPSA) is 125 Å². The second-order valence-electron chi connectivity index (χ2n) is 4.98. The highest BCUT2D eigenvalue weighted by molar-refractivity contribution is 7.89. The molecule has 0 aliphatic heterocycles. The first-order valence-electron chi connectivity index (χ1n) is 6.80. The minimum absolute atomic E-state index is 0.0850. The van der Waals surface area contributed by atoms with Gasteiger partial charge < -0.3 is 10.5 Å². The van der Waals surface area contributed by atoms with E-state index in [1.807, 2.05) is 13.8 Å². The first-order valence-corrected chi connectivity index (χ1v) is 8.28. The van der Waals surface area contributed by atoms with E-state index in [9.17, 15) is 18.5 Å². The lowest BCUT2D eigenvalue weighted by molar-refractivity contribution is -0.385. The average Bonchev–Trinajstić information content (AvgIpc) is 2.51. The first-order chi connectivity index (χ1) is 10.2. The molecule has 1 rings (SSSR count). The molecule has 0 aliphatic carbocycles. The molecule has 8 nitrogen and oxygen atoms in total. The Kier molecular flexibility index (Phi) is 5.86. The van der Waals surface area contributed by atoms with Gasteiger partial charge in [0.1, 0.15) is 0 Å². The predicted octanol–water partition coefficient (Wildman–Crippen LogP) is 1.40. The molecule has 0 atom stereocenters. The zero-order chi connectivity index (χ0) is 17.0. The van der Waals surface area contributed by atoms with Gasteiger partial charge in [-0.25, -0.2) is 13.1 Å². The maximum atomic E-state index is 12.3. The fraction of sp³-hybridized carbons (Fsp3) is 0.538. The van der Waals surface area contributed by atoms with Gasteiger partial charge >= 0.3 is 5.69 Å². The summed E-state index contributed by atoms with van der Waals surface area (Å²) in [6, 6.07) is 3.39. The number of benzene rings is 1. The molecule has 0 amide bonds. The SMILES string of the molecule is CCC(N)(CC)CNS(=O)(=O)c1ccc([N+](=O)[O-])c(OC)c1. The molecule has 0 heterocycles. The normalized spacial score (nSPS) is 12.2. The number of nitrogens with one attached hydrogen (secondary N) is 1. The molecule has 1 aromatic carbocycles. The van der Waals surface area contributed by atoms with Crippen molar-refractivity contribution in [2.24, 2.45) is 5.73 Å². The Balaban J connectivity index is 3.06. The molecular formula is C13H21N3O5S. The fourth-order valence-corrected chi connectivity index (χ4v) is 2.95. The van der Waals surface area contributed by atoms with Crippen LogP contribution in [0.5, 0.6) is 5.75 Å². The monoisotopic (exact) mass is 331 g/mol. The average molecular weight is 331 g/mol. The van der Waals surface area contributed by atoms with Crippen LogP contribution in [0.1, 0.15) is 26.7 Å². The third-order valence-electron chi connectivity index (χ3n) is 3.68. The van der Waals surface area contributed by atoms with Gasteiger partial charge in [0.15, 0.2) is 5.75 Å². The summed E-state index contributed by atoms with van der Waals surface area (Å²) in [5.41, 5.74) is 5.14. The van der Waals surface area contributed by atoms with Crippen molar-refractivity contribution in [2.75, 3.05) is 13.7 Å². The Hall–Kier alpha value is -1.71. The van der Waals surface area contributed by atoms with Gasteiger partial charge in [-0.2, -0.15) is 0 Å². The van der Waals surface area contributed by atoms with Crippen LogP contribution in [0.2, 0.25) is 0 Å². The van der Waals surface area contributed by atoms with Crippen molar-refractivity contribution in [3.05, 3.63) is 28.3 Å². The smallest absolute Gasteiger partial charge is 0.310 e. The molecule has 0 aliphatic rings. The summed E-state index contributed by atoms with van der Waals surface area (Å²) in [7, 11) is -2.58. The Labute approximate surface area is 129 Å². The van der Waals surface area contributed by atoms with Crippen LogP contribution in [0, 0.1) is 10.1 Å². The minimum atomic E-state index is -3.82. The molecule has 0 unspecified atom stereocenters. The molecule has 0 fully saturated rings. The number of methoxy groups -OCH3 is 1. The van der Waals surface area contributed by atoms with E-state index in [1.165, 1.54) is 13.2 Å². The van der Waals surface area contributed by atoms with Crippen LogP contribution in [-0.2, 0) is 10.0 Å². The van der Waals surface area contributed by atoms with Gasteiger partial charge in [0.2, 0.25) is 10.0 Å². The molecular weight excluding hydrogens is 310 g/mol. The Morgan fingerprint density at radius 1 is 1.36 bits per heavy atom. The molecule has 9 heteroatoms. The summed E-state index contributed by atoms with van der Waals surface area (Å²) in [4.78, 5) is 10.1. The van der Waals surface area contributed by atoms with E-state index in [1.54, 1.807) is 0 Å².